The molecule has 1 saturated heterocycles. The van der Waals surface area contributed by atoms with Crippen molar-refractivity contribution in [3.8, 4) is 0 Å². The third-order valence-electron chi connectivity index (χ3n) is 5.16. The number of carbonyl (C=O) groups excluding carboxylic acids is 1. The lowest BCUT2D eigenvalue weighted by Gasteiger charge is -2.23. The summed E-state index contributed by atoms with van der Waals surface area (Å²) >= 11 is 0. The third kappa shape index (κ3) is 4.60. The molecule has 0 radical (unpaired) electrons. The maximum absolute atomic E-state index is 12.6. The first-order chi connectivity index (χ1) is 12.7. The van der Waals surface area contributed by atoms with Gasteiger partial charge in [0, 0.05) is 41.8 Å². The Morgan fingerprint density at radius 2 is 1.96 bits per heavy atom. The Morgan fingerprint density at radius 1 is 1.23 bits per heavy atom. The van der Waals surface area contributed by atoms with Crippen LogP contribution in [0.3, 0.4) is 0 Å². The van der Waals surface area contributed by atoms with Gasteiger partial charge < -0.3 is 27.1 Å². The minimum Gasteiger partial charge on any atom is -0.388 e. The maximum atomic E-state index is 12.6. The van der Waals surface area contributed by atoms with Crippen LogP contribution < -0.4 is 21.7 Å². The fraction of sp³-hybridized carbons (Fsp3) is 0.526. The first-order valence-corrected chi connectivity index (χ1v) is 9.41. The molecule has 1 aromatic rings. The molecule has 140 valence electrons. The minimum atomic E-state index is -0.181. The van der Waals surface area contributed by atoms with E-state index in [4.69, 9.17) is 11.1 Å². The normalized spacial score (nSPS) is 19.3. The molecule has 2 fully saturated rings. The number of nitrogen functional groups attached to an aromatic ring is 1. The Kier molecular flexibility index (Phi) is 6.22. The van der Waals surface area contributed by atoms with E-state index in [1.165, 1.54) is 6.21 Å². The van der Waals surface area contributed by atoms with Gasteiger partial charge in [0.05, 0.1) is 5.56 Å². The van der Waals surface area contributed by atoms with Crippen LogP contribution in [0.15, 0.2) is 18.5 Å². The largest absolute Gasteiger partial charge is 0.388 e. The Morgan fingerprint density at radius 3 is 2.65 bits per heavy atom. The molecule has 0 spiro atoms. The Hall–Kier alpha value is -2.41. The van der Waals surface area contributed by atoms with E-state index < -0.39 is 0 Å². The monoisotopic (exact) mass is 356 g/mol. The number of hydrogen-bond acceptors (Lipinski definition) is 6. The van der Waals surface area contributed by atoms with Crippen LogP contribution in [0.1, 0.15) is 54.4 Å². The lowest BCUT2D eigenvalue weighted by molar-refractivity contribution is 0.0938. The van der Waals surface area contributed by atoms with Crippen molar-refractivity contribution in [2.75, 3.05) is 18.8 Å². The smallest absolute Gasteiger partial charge is 0.255 e. The summed E-state index contributed by atoms with van der Waals surface area (Å²) in [6.07, 6.45) is 11.2. The predicted molar refractivity (Wildman–Crippen MR) is 104 cm³/mol. The van der Waals surface area contributed by atoms with E-state index in [0.717, 1.165) is 51.6 Å². The standard InChI is InChI=1S/C19H28N6O/c20-10-14(12-23-15-5-7-22-8-6-15)13-9-17(18(21)24-11-13)19(26)25-16-3-1-2-4-16/h9-12,15-16,20,22-23H,1-8H2,(H2,21,24)(H,25,26)/b14-12+,20-10?. The second-order valence-corrected chi connectivity index (χ2v) is 7.05. The van der Waals surface area contributed by atoms with Gasteiger partial charge in [-0.25, -0.2) is 4.98 Å². The number of piperidine rings is 1. The number of pyridine rings is 1. The predicted octanol–water partition coefficient (Wildman–Crippen LogP) is 1.67. The highest BCUT2D eigenvalue weighted by molar-refractivity contribution is 6.09. The fourth-order valence-corrected chi connectivity index (χ4v) is 3.55. The second kappa shape index (κ2) is 8.80. The third-order valence-corrected chi connectivity index (χ3v) is 5.16. The van der Waals surface area contributed by atoms with Crippen molar-refractivity contribution in [1.29, 1.82) is 5.41 Å². The number of nitrogens with zero attached hydrogens (tertiary/aromatic N) is 1. The lowest BCUT2D eigenvalue weighted by atomic mass is 10.0. The quantitative estimate of drug-likeness (QED) is 0.497. The molecule has 0 bridgehead atoms. The summed E-state index contributed by atoms with van der Waals surface area (Å²) in [6.45, 7) is 2.00. The summed E-state index contributed by atoms with van der Waals surface area (Å²) in [4.78, 5) is 16.7. The number of aromatic nitrogens is 1. The van der Waals surface area contributed by atoms with Crippen molar-refractivity contribution in [3.63, 3.8) is 0 Å². The number of carbonyl (C=O) groups is 1. The van der Waals surface area contributed by atoms with Crippen LogP contribution >= 0.6 is 0 Å². The van der Waals surface area contributed by atoms with Gasteiger partial charge in [-0.1, -0.05) is 12.8 Å². The Bertz CT molecular complexity index is 675. The zero-order valence-corrected chi connectivity index (χ0v) is 15.1. The molecule has 3 rings (SSSR count). The highest BCUT2D eigenvalue weighted by Gasteiger charge is 2.20. The highest BCUT2D eigenvalue weighted by atomic mass is 16.1. The number of nitrogens with one attached hydrogen (secondary N) is 4. The van der Waals surface area contributed by atoms with Crippen LogP contribution in [0.25, 0.3) is 5.57 Å². The van der Waals surface area contributed by atoms with E-state index in [9.17, 15) is 4.79 Å². The molecule has 1 aliphatic carbocycles. The number of amides is 1. The van der Waals surface area contributed by atoms with E-state index in [2.05, 4.69) is 20.9 Å². The molecule has 1 aliphatic heterocycles. The molecule has 7 heteroatoms. The van der Waals surface area contributed by atoms with Gasteiger partial charge in [0.15, 0.2) is 0 Å². The molecule has 1 saturated carbocycles. The first kappa shape index (κ1) is 18.4. The van der Waals surface area contributed by atoms with Crippen LogP contribution in [0, 0.1) is 5.41 Å². The molecule has 1 aromatic heterocycles. The van der Waals surface area contributed by atoms with E-state index in [-0.39, 0.29) is 17.8 Å². The number of allylic oxidation sites excluding steroid dienone is 1. The lowest BCUT2D eigenvalue weighted by Crippen LogP contribution is -2.37. The molecule has 1 amide bonds. The van der Waals surface area contributed by atoms with Gasteiger partial charge in [0.2, 0.25) is 0 Å². The molecule has 2 heterocycles. The molecule has 0 atom stereocenters. The summed E-state index contributed by atoms with van der Waals surface area (Å²) in [5.74, 6) is 0.0410. The van der Waals surface area contributed by atoms with Crippen molar-refractivity contribution in [2.24, 2.45) is 0 Å². The van der Waals surface area contributed by atoms with Gasteiger partial charge in [0.1, 0.15) is 5.82 Å². The molecular weight excluding hydrogens is 328 g/mol. The zero-order chi connectivity index (χ0) is 18.4. The maximum Gasteiger partial charge on any atom is 0.255 e. The van der Waals surface area contributed by atoms with Crippen molar-refractivity contribution in [1.82, 2.24) is 20.9 Å². The molecule has 6 N–H and O–H groups in total. The SMILES string of the molecule is N=C/C(=C\NC1CCNCC1)c1cnc(N)c(C(=O)NC2CCCC2)c1. The van der Waals surface area contributed by atoms with Gasteiger partial charge in [-0.3, -0.25) is 4.79 Å². The van der Waals surface area contributed by atoms with Crippen LogP contribution in [0.4, 0.5) is 5.82 Å². The number of rotatable bonds is 6. The molecule has 26 heavy (non-hydrogen) atoms. The van der Waals surface area contributed by atoms with E-state index >= 15 is 0 Å². The fourth-order valence-electron chi connectivity index (χ4n) is 3.55. The summed E-state index contributed by atoms with van der Waals surface area (Å²) in [5.41, 5.74) is 7.71. The first-order valence-electron chi connectivity index (χ1n) is 9.41. The van der Waals surface area contributed by atoms with E-state index in [1.54, 1.807) is 12.3 Å². The summed E-state index contributed by atoms with van der Waals surface area (Å²) in [5, 5.41) is 17.5. The number of nitrogens with two attached hydrogens (primary N) is 1. The van der Waals surface area contributed by atoms with Crippen LogP contribution in [0.2, 0.25) is 0 Å². The Labute approximate surface area is 154 Å². The van der Waals surface area contributed by atoms with Crippen LogP contribution in [-0.4, -0.2) is 42.3 Å². The Balaban J connectivity index is 1.73. The molecular formula is C19H28N6O. The van der Waals surface area contributed by atoms with Crippen molar-refractivity contribution >= 4 is 23.5 Å². The van der Waals surface area contributed by atoms with Gasteiger partial charge >= 0.3 is 0 Å². The molecule has 0 aromatic carbocycles. The molecule has 0 unspecified atom stereocenters. The average Bonchev–Trinajstić information content (AvgIpc) is 3.17. The molecule has 2 aliphatic rings. The summed E-state index contributed by atoms with van der Waals surface area (Å²) in [6, 6.07) is 2.36. The van der Waals surface area contributed by atoms with Gasteiger partial charge in [-0.15, -0.1) is 0 Å². The van der Waals surface area contributed by atoms with Gasteiger partial charge in [-0.2, -0.15) is 0 Å². The van der Waals surface area contributed by atoms with Gasteiger partial charge in [-0.05, 0) is 44.8 Å². The van der Waals surface area contributed by atoms with Crippen LogP contribution in [-0.2, 0) is 0 Å². The highest BCUT2D eigenvalue weighted by Crippen LogP contribution is 2.21. The topological polar surface area (TPSA) is 116 Å². The zero-order valence-electron chi connectivity index (χ0n) is 15.1. The number of hydrogen-bond donors (Lipinski definition) is 5. The van der Waals surface area contributed by atoms with Crippen LogP contribution in [0.5, 0.6) is 0 Å². The minimum absolute atomic E-state index is 0.181. The van der Waals surface area contributed by atoms with Crippen molar-refractivity contribution in [2.45, 2.75) is 50.6 Å². The van der Waals surface area contributed by atoms with E-state index in [1.807, 2.05) is 6.20 Å². The van der Waals surface area contributed by atoms with Crippen molar-refractivity contribution in [3.05, 3.63) is 29.6 Å². The van der Waals surface area contributed by atoms with Gasteiger partial charge in [0.25, 0.3) is 5.91 Å². The van der Waals surface area contributed by atoms with Crippen molar-refractivity contribution < 1.29 is 4.79 Å². The summed E-state index contributed by atoms with van der Waals surface area (Å²) < 4.78 is 0. The molecule has 7 nitrogen and oxygen atoms in total. The average molecular weight is 356 g/mol. The van der Waals surface area contributed by atoms with E-state index in [0.29, 0.717) is 22.7 Å². The second-order valence-electron chi connectivity index (χ2n) is 7.05. The summed E-state index contributed by atoms with van der Waals surface area (Å²) in [7, 11) is 0. The number of anilines is 1.